The summed E-state index contributed by atoms with van der Waals surface area (Å²) in [5, 5.41) is 0.759. The van der Waals surface area contributed by atoms with Crippen LogP contribution in [0.1, 0.15) is 66.2 Å². The van der Waals surface area contributed by atoms with Gasteiger partial charge in [-0.1, -0.05) is 54.9 Å². The molecule has 1 heterocycles. The van der Waals surface area contributed by atoms with Crippen molar-refractivity contribution in [3.8, 4) is 17.2 Å². The number of esters is 1. The van der Waals surface area contributed by atoms with E-state index >= 15 is 0 Å². The van der Waals surface area contributed by atoms with E-state index in [-0.39, 0.29) is 23.7 Å². The number of benzene rings is 2. The normalized spacial score (nSPS) is 19.1. The third kappa shape index (κ3) is 5.44. The van der Waals surface area contributed by atoms with Crippen molar-refractivity contribution in [3.63, 3.8) is 0 Å². The molecule has 0 spiro atoms. The highest BCUT2D eigenvalue weighted by Crippen LogP contribution is 2.45. The van der Waals surface area contributed by atoms with Gasteiger partial charge < -0.3 is 13.9 Å². The van der Waals surface area contributed by atoms with Crippen LogP contribution in [0.15, 0.2) is 70.1 Å². The van der Waals surface area contributed by atoms with E-state index < -0.39 is 0 Å². The highest BCUT2D eigenvalue weighted by atomic mass is 35.5. The highest BCUT2D eigenvalue weighted by molar-refractivity contribution is 6.31. The Labute approximate surface area is 229 Å². The number of hydrogen-bond acceptors (Lipinski definition) is 5. The third-order valence-corrected chi connectivity index (χ3v) is 8.07. The van der Waals surface area contributed by atoms with E-state index in [1.807, 2.05) is 49.4 Å². The molecule has 198 valence electrons. The van der Waals surface area contributed by atoms with Crippen LogP contribution in [-0.4, -0.2) is 24.7 Å². The lowest BCUT2D eigenvalue weighted by molar-refractivity contribution is -0.146. The third-order valence-electron chi connectivity index (χ3n) is 7.79. The zero-order valence-electron chi connectivity index (χ0n) is 22.2. The van der Waals surface area contributed by atoms with Crippen LogP contribution in [0.2, 0.25) is 0 Å². The van der Waals surface area contributed by atoms with Gasteiger partial charge in [-0.2, -0.15) is 0 Å². The number of carbonyl (C=O) groups excluding carboxylic acids is 1. The first-order valence-corrected chi connectivity index (χ1v) is 13.8. The number of hydrogen-bond donors (Lipinski definition) is 0. The molecule has 2 aliphatic carbocycles. The smallest absolute Gasteiger partial charge is 0.309 e. The average molecular weight is 532 g/mol. The van der Waals surface area contributed by atoms with Crippen LogP contribution in [0.4, 0.5) is 0 Å². The van der Waals surface area contributed by atoms with E-state index in [1.165, 1.54) is 18.2 Å². The molecule has 6 heteroatoms. The van der Waals surface area contributed by atoms with E-state index in [1.54, 1.807) is 0 Å². The molecule has 0 bridgehead atoms. The number of aryl methyl sites for hydroxylation is 2. The van der Waals surface area contributed by atoms with E-state index in [4.69, 9.17) is 30.5 Å². The van der Waals surface area contributed by atoms with Gasteiger partial charge in [0.1, 0.15) is 11.5 Å². The Morgan fingerprint density at radius 2 is 2.03 bits per heavy atom. The molecule has 0 saturated carbocycles. The molecule has 38 heavy (non-hydrogen) atoms. The molecule has 5 nitrogen and oxygen atoms in total. The molecule has 0 amide bonds. The van der Waals surface area contributed by atoms with Crippen molar-refractivity contribution in [1.82, 2.24) is 4.98 Å². The Morgan fingerprint density at radius 3 is 2.74 bits per heavy atom. The molecular formula is C32H34ClNO4. The number of fused-ring (bicyclic) bond motifs is 1. The van der Waals surface area contributed by atoms with E-state index in [2.05, 4.69) is 25.1 Å². The molecule has 5 rings (SSSR count). The van der Waals surface area contributed by atoms with E-state index in [9.17, 15) is 4.79 Å². The lowest BCUT2D eigenvalue weighted by Crippen LogP contribution is -2.22. The van der Waals surface area contributed by atoms with Gasteiger partial charge in [-0.05, 0) is 73.9 Å². The van der Waals surface area contributed by atoms with Gasteiger partial charge >= 0.3 is 5.97 Å². The molecule has 2 aliphatic rings. The topological polar surface area (TPSA) is 61.6 Å². The van der Waals surface area contributed by atoms with Crippen LogP contribution in [-0.2, 0) is 22.4 Å². The summed E-state index contributed by atoms with van der Waals surface area (Å²) in [6.45, 7) is 4.50. The van der Waals surface area contributed by atoms with Crippen molar-refractivity contribution in [3.05, 3.63) is 93.9 Å². The van der Waals surface area contributed by atoms with Crippen LogP contribution in [0, 0.1) is 12.8 Å². The minimum atomic E-state index is -0.133. The Morgan fingerprint density at radius 1 is 1.21 bits per heavy atom. The molecule has 3 atom stereocenters. The summed E-state index contributed by atoms with van der Waals surface area (Å²) >= 11 is 6.23. The first-order chi connectivity index (χ1) is 18.5. The maximum Gasteiger partial charge on any atom is 0.309 e. The molecular weight excluding hydrogens is 498 g/mol. The minimum Gasteiger partial charge on any atom is -0.493 e. The number of methoxy groups -OCH3 is 1. The number of rotatable bonds is 9. The fourth-order valence-corrected chi connectivity index (χ4v) is 5.89. The summed E-state index contributed by atoms with van der Waals surface area (Å²) in [5.74, 6) is 2.40. The molecule has 3 aromatic rings. The number of halogens is 1. The Kier molecular flexibility index (Phi) is 8.04. The lowest BCUT2D eigenvalue weighted by Gasteiger charge is -2.24. The standard InChI is InChI=1S/C32H34ClNO4/c1-4-25(32(35)36-3)26-15-12-23-18-30(28(19-27(23)26)21-10-13-24(33)14-11-21)37-17-16-29-20(2)38-31(34-29)22-8-6-5-7-9-22/h5-10,13-14,18-19,21,25-26H,4,11-12,15-17H2,1-3H3. The van der Waals surface area contributed by atoms with Crippen LogP contribution in [0.5, 0.6) is 5.75 Å². The summed E-state index contributed by atoms with van der Waals surface area (Å²) < 4.78 is 17.5. The van der Waals surface area contributed by atoms with Crippen LogP contribution in [0.25, 0.3) is 11.5 Å². The first-order valence-electron chi connectivity index (χ1n) is 13.4. The molecule has 0 radical (unpaired) electrons. The van der Waals surface area contributed by atoms with Crippen LogP contribution >= 0.6 is 11.6 Å². The first kappa shape index (κ1) is 26.3. The van der Waals surface area contributed by atoms with Crippen molar-refractivity contribution >= 4 is 17.6 Å². The van der Waals surface area contributed by atoms with Gasteiger partial charge in [-0.3, -0.25) is 4.79 Å². The minimum absolute atomic E-state index is 0.127. The van der Waals surface area contributed by atoms with Crippen molar-refractivity contribution in [2.75, 3.05) is 13.7 Å². The van der Waals surface area contributed by atoms with Crippen molar-refractivity contribution in [2.45, 2.75) is 57.8 Å². The molecule has 2 aromatic carbocycles. The Balaban J connectivity index is 1.39. The number of oxazole rings is 1. The number of nitrogens with zero attached hydrogens (tertiary/aromatic N) is 1. The van der Waals surface area contributed by atoms with Gasteiger partial charge in [-0.25, -0.2) is 4.98 Å². The second-order valence-electron chi connectivity index (χ2n) is 10.0. The Hall–Kier alpha value is -3.31. The molecule has 1 aromatic heterocycles. The summed E-state index contributed by atoms with van der Waals surface area (Å²) in [5.41, 5.74) is 5.51. The van der Waals surface area contributed by atoms with Crippen molar-refractivity contribution < 1.29 is 18.7 Å². The summed E-state index contributed by atoms with van der Waals surface area (Å²) in [6, 6.07) is 14.4. The van der Waals surface area contributed by atoms with Crippen LogP contribution < -0.4 is 4.74 Å². The van der Waals surface area contributed by atoms with Gasteiger partial charge in [0.2, 0.25) is 5.89 Å². The number of carbonyl (C=O) groups is 1. The molecule has 3 unspecified atom stereocenters. The lowest BCUT2D eigenvalue weighted by atomic mass is 9.83. The summed E-state index contributed by atoms with van der Waals surface area (Å²) in [6.07, 6.45) is 10.2. The summed E-state index contributed by atoms with van der Waals surface area (Å²) in [7, 11) is 1.48. The summed E-state index contributed by atoms with van der Waals surface area (Å²) in [4.78, 5) is 17.3. The van der Waals surface area contributed by atoms with Gasteiger partial charge in [0.25, 0.3) is 0 Å². The quantitative estimate of drug-likeness (QED) is 0.265. The largest absolute Gasteiger partial charge is 0.493 e. The van der Waals surface area contributed by atoms with Crippen molar-refractivity contribution in [2.24, 2.45) is 5.92 Å². The van der Waals surface area contributed by atoms with E-state index in [0.29, 0.717) is 18.9 Å². The zero-order chi connectivity index (χ0) is 26.6. The Bertz CT molecular complexity index is 1360. The zero-order valence-corrected chi connectivity index (χ0v) is 23.0. The second kappa shape index (κ2) is 11.6. The SMILES string of the molecule is CCC(C(=O)OC)C1CCc2cc(OCCc3nc(-c4ccccc4)oc3C)c(C3C=CC(Cl)=CC3)cc21. The fraction of sp³-hybridized carbons (Fsp3) is 0.375. The van der Waals surface area contributed by atoms with Crippen molar-refractivity contribution in [1.29, 1.82) is 0 Å². The average Bonchev–Trinajstić information content (AvgIpc) is 3.52. The van der Waals surface area contributed by atoms with Gasteiger partial charge in [-0.15, -0.1) is 0 Å². The second-order valence-corrected chi connectivity index (χ2v) is 10.5. The van der Waals surface area contributed by atoms with Gasteiger partial charge in [0.05, 0.1) is 25.3 Å². The highest BCUT2D eigenvalue weighted by Gasteiger charge is 2.35. The number of ether oxygens (including phenoxy) is 2. The molecule has 0 aliphatic heterocycles. The monoisotopic (exact) mass is 531 g/mol. The van der Waals surface area contributed by atoms with E-state index in [0.717, 1.165) is 59.0 Å². The fourth-order valence-electron chi connectivity index (χ4n) is 5.73. The van der Waals surface area contributed by atoms with Gasteiger partial charge in [0.15, 0.2) is 0 Å². The molecule has 0 N–H and O–H groups in total. The predicted octanol–water partition coefficient (Wildman–Crippen LogP) is 7.67. The van der Waals surface area contributed by atoms with Gasteiger partial charge in [0, 0.05) is 28.5 Å². The maximum absolute atomic E-state index is 12.5. The maximum atomic E-state index is 12.5. The number of aromatic nitrogens is 1. The van der Waals surface area contributed by atoms with Crippen LogP contribution in [0.3, 0.4) is 0 Å². The predicted molar refractivity (Wildman–Crippen MR) is 150 cm³/mol. The molecule has 0 fully saturated rings. The number of allylic oxidation sites excluding steroid dienone is 4. The molecule has 0 saturated heterocycles.